The van der Waals surface area contributed by atoms with E-state index in [1.807, 2.05) is 0 Å². The van der Waals surface area contributed by atoms with Crippen molar-refractivity contribution >= 4 is 17.5 Å². The molecule has 6 heteroatoms. The Hall–Kier alpha value is -1.20. The third-order valence-electron chi connectivity index (χ3n) is 2.62. The fourth-order valence-electron chi connectivity index (χ4n) is 1.71. The summed E-state index contributed by atoms with van der Waals surface area (Å²) in [5.41, 5.74) is 0.110. The molecule has 0 spiro atoms. The van der Waals surface area contributed by atoms with Crippen LogP contribution in [0.1, 0.15) is 16.1 Å². The molecule has 1 aromatic heterocycles. The fraction of sp³-hybridized carbons (Fsp3) is 0.455. The van der Waals surface area contributed by atoms with E-state index < -0.39 is 5.82 Å². The van der Waals surface area contributed by atoms with E-state index >= 15 is 0 Å². The number of halogens is 2. The number of ether oxygens (including phenoxy) is 1. The highest BCUT2D eigenvalue weighted by Crippen LogP contribution is 2.18. The Morgan fingerprint density at radius 2 is 2.18 bits per heavy atom. The zero-order valence-corrected chi connectivity index (χ0v) is 10.1. The molecule has 1 saturated heterocycles. The van der Waals surface area contributed by atoms with Gasteiger partial charge in [0.25, 0.3) is 5.91 Å². The second-order valence-electron chi connectivity index (χ2n) is 3.80. The van der Waals surface area contributed by atoms with Crippen LogP contribution in [0.2, 0.25) is 5.15 Å². The summed E-state index contributed by atoms with van der Waals surface area (Å²) in [5, 5.41) is 0.125. The molecule has 0 aromatic carbocycles. The number of carbonyl (C=O) groups is 1. The monoisotopic (exact) mass is 258 g/mol. The van der Waals surface area contributed by atoms with Crippen LogP contribution in [0.25, 0.3) is 0 Å². The van der Waals surface area contributed by atoms with Gasteiger partial charge in [0.2, 0.25) is 0 Å². The molecule has 0 saturated carbocycles. The minimum Gasteiger partial charge on any atom is -0.378 e. The number of amides is 1. The van der Waals surface area contributed by atoms with Gasteiger partial charge >= 0.3 is 0 Å². The second-order valence-corrected chi connectivity index (χ2v) is 4.18. The van der Waals surface area contributed by atoms with E-state index in [2.05, 4.69) is 4.98 Å². The van der Waals surface area contributed by atoms with Gasteiger partial charge in [-0.15, -0.1) is 0 Å². The predicted molar refractivity (Wildman–Crippen MR) is 60.7 cm³/mol. The van der Waals surface area contributed by atoms with E-state index in [0.29, 0.717) is 26.3 Å². The van der Waals surface area contributed by atoms with Crippen molar-refractivity contribution in [1.29, 1.82) is 0 Å². The van der Waals surface area contributed by atoms with Gasteiger partial charge in [-0.05, 0) is 13.0 Å². The number of pyridine rings is 1. The van der Waals surface area contributed by atoms with E-state index in [0.717, 1.165) is 0 Å². The van der Waals surface area contributed by atoms with Gasteiger partial charge in [0.1, 0.15) is 5.15 Å². The molecule has 0 aliphatic carbocycles. The van der Waals surface area contributed by atoms with E-state index in [-0.39, 0.29) is 22.3 Å². The predicted octanol–water partition coefficient (Wildman–Crippen LogP) is 1.65. The molecule has 0 N–H and O–H groups in total. The molecule has 0 atom stereocenters. The molecule has 0 bridgehead atoms. The van der Waals surface area contributed by atoms with Crippen LogP contribution in [-0.2, 0) is 4.74 Å². The highest BCUT2D eigenvalue weighted by atomic mass is 35.5. The molecule has 4 nitrogen and oxygen atoms in total. The van der Waals surface area contributed by atoms with Crippen molar-refractivity contribution in [3.63, 3.8) is 0 Å². The Labute approximate surface area is 103 Å². The summed E-state index contributed by atoms with van der Waals surface area (Å²) in [6.45, 7) is 3.38. The smallest absolute Gasteiger partial charge is 0.257 e. The number of aryl methyl sites for hydroxylation is 1. The topological polar surface area (TPSA) is 42.4 Å². The third kappa shape index (κ3) is 2.56. The maximum absolute atomic E-state index is 13.8. The van der Waals surface area contributed by atoms with Crippen molar-refractivity contribution in [2.24, 2.45) is 0 Å². The average molecular weight is 259 g/mol. The molecule has 1 aromatic rings. The molecule has 92 valence electrons. The molecule has 2 heterocycles. The summed E-state index contributed by atoms with van der Waals surface area (Å²) in [5.74, 6) is -0.968. The van der Waals surface area contributed by atoms with Crippen molar-refractivity contribution in [2.45, 2.75) is 6.92 Å². The Morgan fingerprint density at radius 3 is 2.82 bits per heavy atom. The van der Waals surface area contributed by atoms with Crippen molar-refractivity contribution in [1.82, 2.24) is 9.88 Å². The van der Waals surface area contributed by atoms with Crippen LogP contribution in [-0.4, -0.2) is 42.1 Å². The number of hydrogen-bond donors (Lipinski definition) is 0. The lowest BCUT2D eigenvalue weighted by Gasteiger charge is -2.27. The largest absolute Gasteiger partial charge is 0.378 e. The first-order valence-corrected chi connectivity index (χ1v) is 5.67. The summed E-state index contributed by atoms with van der Waals surface area (Å²) >= 11 is 5.73. The summed E-state index contributed by atoms with van der Waals surface area (Å²) in [7, 11) is 0. The van der Waals surface area contributed by atoms with E-state index in [9.17, 15) is 9.18 Å². The number of aromatic nitrogens is 1. The Morgan fingerprint density at radius 1 is 1.53 bits per heavy atom. The van der Waals surface area contributed by atoms with Crippen LogP contribution in [0.5, 0.6) is 0 Å². The molecule has 0 unspecified atom stereocenters. The first-order valence-electron chi connectivity index (χ1n) is 5.29. The van der Waals surface area contributed by atoms with Crippen LogP contribution in [0, 0.1) is 12.7 Å². The van der Waals surface area contributed by atoms with Crippen LogP contribution in [0.4, 0.5) is 4.39 Å². The highest BCUT2D eigenvalue weighted by molar-refractivity contribution is 6.29. The lowest BCUT2D eigenvalue weighted by Crippen LogP contribution is -2.41. The minimum absolute atomic E-state index is 0.0237. The first-order chi connectivity index (χ1) is 8.09. The standard InChI is InChI=1S/C11H12ClFN2O2/c1-7-10(13)8(6-9(12)14-7)11(16)15-2-4-17-5-3-15/h6H,2-5H2,1H3. The van der Waals surface area contributed by atoms with Crippen molar-refractivity contribution in [2.75, 3.05) is 26.3 Å². The maximum Gasteiger partial charge on any atom is 0.257 e. The van der Waals surface area contributed by atoms with Gasteiger partial charge in [0.05, 0.1) is 24.5 Å². The molecule has 1 aliphatic rings. The zero-order valence-electron chi connectivity index (χ0n) is 9.37. The van der Waals surface area contributed by atoms with Gasteiger partial charge in [-0.25, -0.2) is 9.37 Å². The number of carbonyl (C=O) groups excluding carboxylic acids is 1. The van der Waals surface area contributed by atoms with Gasteiger partial charge < -0.3 is 9.64 Å². The minimum atomic E-state index is -0.606. The molecule has 1 aliphatic heterocycles. The summed E-state index contributed by atoms with van der Waals surface area (Å²) in [6.07, 6.45) is 0. The van der Waals surface area contributed by atoms with Crippen molar-refractivity contribution in [3.8, 4) is 0 Å². The molecular weight excluding hydrogens is 247 g/mol. The number of hydrogen-bond acceptors (Lipinski definition) is 3. The third-order valence-corrected chi connectivity index (χ3v) is 2.81. The molecular formula is C11H12ClFN2O2. The highest BCUT2D eigenvalue weighted by Gasteiger charge is 2.23. The Kier molecular flexibility index (Phi) is 3.59. The lowest BCUT2D eigenvalue weighted by atomic mass is 10.2. The zero-order chi connectivity index (χ0) is 12.4. The van der Waals surface area contributed by atoms with E-state index in [1.54, 1.807) is 4.90 Å². The van der Waals surface area contributed by atoms with Crippen LogP contribution < -0.4 is 0 Å². The van der Waals surface area contributed by atoms with E-state index in [1.165, 1.54) is 13.0 Å². The van der Waals surface area contributed by atoms with Gasteiger partial charge in [-0.2, -0.15) is 0 Å². The van der Waals surface area contributed by atoms with Crippen LogP contribution >= 0.6 is 11.6 Å². The van der Waals surface area contributed by atoms with Gasteiger partial charge in [0.15, 0.2) is 5.82 Å². The lowest BCUT2D eigenvalue weighted by molar-refractivity contribution is 0.0299. The quantitative estimate of drug-likeness (QED) is 0.720. The maximum atomic E-state index is 13.8. The van der Waals surface area contributed by atoms with Crippen LogP contribution in [0.3, 0.4) is 0 Å². The van der Waals surface area contributed by atoms with Gasteiger partial charge in [-0.3, -0.25) is 4.79 Å². The van der Waals surface area contributed by atoms with E-state index in [4.69, 9.17) is 16.3 Å². The second kappa shape index (κ2) is 4.98. The Bertz CT molecular complexity index is 447. The number of nitrogens with zero attached hydrogens (tertiary/aromatic N) is 2. The molecule has 1 fully saturated rings. The normalized spacial score (nSPS) is 16.1. The molecule has 1 amide bonds. The van der Waals surface area contributed by atoms with Gasteiger partial charge in [-0.1, -0.05) is 11.6 Å². The molecule has 17 heavy (non-hydrogen) atoms. The SMILES string of the molecule is Cc1nc(Cl)cc(C(=O)N2CCOCC2)c1F. The van der Waals surface area contributed by atoms with Crippen molar-refractivity contribution in [3.05, 3.63) is 28.3 Å². The fourth-order valence-corrected chi connectivity index (χ4v) is 1.95. The molecule has 0 radical (unpaired) electrons. The van der Waals surface area contributed by atoms with Crippen molar-refractivity contribution < 1.29 is 13.9 Å². The Balaban J connectivity index is 2.29. The molecule has 2 rings (SSSR count). The first kappa shape index (κ1) is 12.3. The van der Waals surface area contributed by atoms with Crippen LogP contribution in [0.15, 0.2) is 6.07 Å². The summed E-state index contributed by atoms with van der Waals surface area (Å²) in [4.78, 5) is 17.4. The summed E-state index contributed by atoms with van der Waals surface area (Å²) in [6, 6.07) is 1.27. The van der Waals surface area contributed by atoms with Gasteiger partial charge in [0, 0.05) is 13.1 Å². The summed E-state index contributed by atoms with van der Waals surface area (Å²) < 4.78 is 18.9. The number of morpholine rings is 1. The average Bonchev–Trinajstić information content (AvgIpc) is 2.34. The number of rotatable bonds is 1.